The van der Waals surface area contributed by atoms with E-state index in [1.54, 1.807) is 7.05 Å². The van der Waals surface area contributed by atoms with Crippen LogP contribution in [0.3, 0.4) is 0 Å². The van der Waals surface area contributed by atoms with Gasteiger partial charge in [-0.25, -0.2) is 17.7 Å². The summed E-state index contributed by atoms with van der Waals surface area (Å²) in [6.45, 7) is 2.83. The summed E-state index contributed by atoms with van der Waals surface area (Å²) in [5.74, 6) is 0.793. The summed E-state index contributed by atoms with van der Waals surface area (Å²) >= 11 is 0. The number of sulfonamides is 1. The van der Waals surface area contributed by atoms with Gasteiger partial charge < -0.3 is 4.74 Å². The number of ether oxygens (including phenoxy) is 1. The van der Waals surface area contributed by atoms with E-state index in [0.29, 0.717) is 13.2 Å². The maximum atomic E-state index is 12.7. The second kappa shape index (κ2) is 7.00. The van der Waals surface area contributed by atoms with Crippen molar-refractivity contribution in [2.45, 2.75) is 31.1 Å². The summed E-state index contributed by atoms with van der Waals surface area (Å²) < 4.78 is 32.5. The third-order valence-corrected chi connectivity index (χ3v) is 6.28. The van der Waals surface area contributed by atoms with Crippen LogP contribution in [0.25, 0.3) is 0 Å². The van der Waals surface area contributed by atoms with Crippen LogP contribution in [0.15, 0.2) is 30.6 Å². The van der Waals surface area contributed by atoms with Crippen LogP contribution in [-0.2, 0) is 20.5 Å². The Morgan fingerprint density at radius 2 is 2.17 bits per heavy atom. The van der Waals surface area contributed by atoms with Crippen molar-refractivity contribution in [3.8, 4) is 0 Å². The van der Waals surface area contributed by atoms with Gasteiger partial charge in [0.05, 0.1) is 11.9 Å². The summed E-state index contributed by atoms with van der Waals surface area (Å²) in [4.78, 5) is 4.18. The fraction of sp³-hybridized carbons (Fsp3) is 0.500. The number of aryl methyl sites for hydroxylation is 1. The van der Waals surface area contributed by atoms with Crippen LogP contribution in [0.4, 0.5) is 0 Å². The zero-order valence-electron chi connectivity index (χ0n) is 13.8. The van der Waals surface area contributed by atoms with Crippen molar-refractivity contribution in [1.29, 1.82) is 0 Å². The highest BCUT2D eigenvalue weighted by Crippen LogP contribution is 2.29. The van der Waals surface area contributed by atoms with Crippen molar-refractivity contribution >= 4 is 10.0 Å². The van der Waals surface area contributed by atoms with Gasteiger partial charge in [0.25, 0.3) is 0 Å². The number of aromatic nitrogens is 3. The number of hydrogen-bond acceptors (Lipinski definition) is 5. The molecule has 0 spiro atoms. The Hall–Kier alpha value is -1.77. The molecule has 1 aliphatic heterocycles. The Bertz CT molecular complexity index is 776. The molecule has 1 aromatic carbocycles. The second-order valence-corrected chi connectivity index (χ2v) is 8.21. The number of nitrogens with zero attached hydrogens (tertiary/aromatic N) is 3. The Labute approximate surface area is 142 Å². The van der Waals surface area contributed by atoms with Crippen LogP contribution in [0.5, 0.6) is 0 Å². The summed E-state index contributed by atoms with van der Waals surface area (Å²) in [6, 6.07) is 7.54. The van der Waals surface area contributed by atoms with Gasteiger partial charge in [0.1, 0.15) is 12.2 Å². The van der Waals surface area contributed by atoms with E-state index in [1.807, 2.05) is 31.2 Å². The van der Waals surface area contributed by atoms with Crippen molar-refractivity contribution < 1.29 is 13.2 Å². The summed E-state index contributed by atoms with van der Waals surface area (Å²) in [6.07, 6.45) is 2.06. The van der Waals surface area contributed by atoms with Crippen molar-refractivity contribution in [2.24, 2.45) is 0 Å². The van der Waals surface area contributed by atoms with Crippen LogP contribution in [-0.4, -0.2) is 54.2 Å². The molecular weight excluding hydrogens is 328 g/mol. The number of hydrogen-bond donors (Lipinski definition) is 1. The molecule has 2 aromatic rings. The minimum atomic E-state index is -3.41. The van der Waals surface area contributed by atoms with Gasteiger partial charge in [-0.05, 0) is 24.5 Å². The zero-order valence-corrected chi connectivity index (χ0v) is 14.7. The molecule has 3 rings (SSSR count). The highest BCUT2D eigenvalue weighted by Gasteiger charge is 2.34. The first-order valence-corrected chi connectivity index (χ1v) is 9.53. The van der Waals surface area contributed by atoms with Crippen LogP contribution in [0.1, 0.15) is 29.3 Å². The maximum absolute atomic E-state index is 12.7. The molecule has 0 unspecified atom stereocenters. The molecule has 2 atom stereocenters. The van der Waals surface area contributed by atoms with Gasteiger partial charge in [-0.3, -0.25) is 5.10 Å². The highest BCUT2D eigenvalue weighted by molar-refractivity contribution is 7.88. The third-order valence-electron chi connectivity index (χ3n) is 4.51. The molecule has 0 aliphatic carbocycles. The fourth-order valence-electron chi connectivity index (χ4n) is 2.98. The zero-order chi connectivity index (χ0) is 17.2. The van der Waals surface area contributed by atoms with E-state index < -0.39 is 10.0 Å². The molecule has 1 aromatic heterocycles. The van der Waals surface area contributed by atoms with Crippen LogP contribution in [0.2, 0.25) is 0 Å². The molecule has 0 saturated carbocycles. The Morgan fingerprint density at radius 3 is 2.88 bits per heavy atom. The van der Waals surface area contributed by atoms with Crippen molar-refractivity contribution in [3.05, 3.63) is 47.5 Å². The molecule has 1 N–H and O–H groups in total. The second-order valence-electron chi connectivity index (χ2n) is 6.14. The van der Waals surface area contributed by atoms with Gasteiger partial charge in [0.15, 0.2) is 0 Å². The first-order chi connectivity index (χ1) is 11.5. The molecular formula is C16H22N4O3S. The number of likely N-dealkylation sites (N-methyl/N-ethyl adjacent to an activating group) is 1. The smallest absolute Gasteiger partial charge is 0.218 e. The monoisotopic (exact) mass is 350 g/mol. The highest BCUT2D eigenvalue weighted by atomic mass is 32.2. The van der Waals surface area contributed by atoms with E-state index in [4.69, 9.17) is 4.74 Å². The molecule has 7 nitrogen and oxygen atoms in total. The number of benzene rings is 1. The normalized spacial score (nSPS) is 21.5. The topological polar surface area (TPSA) is 88.2 Å². The van der Waals surface area contributed by atoms with E-state index in [1.165, 1.54) is 10.6 Å². The van der Waals surface area contributed by atoms with Crippen molar-refractivity contribution in [2.75, 3.05) is 20.2 Å². The lowest BCUT2D eigenvalue weighted by molar-refractivity contribution is 0.0893. The number of aromatic amines is 1. The van der Waals surface area contributed by atoms with E-state index in [9.17, 15) is 8.42 Å². The molecule has 0 amide bonds. The number of H-pyrrole nitrogens is 1. The van der Waals surface area contributed by atoms with E-state index in [-0.39, 0.29) is 17.8 Å². The van der Waals surface area contributed by atoms with Gasteiger partial charge >= 0.3 is 0 Å². The van der Waals surface area contributed by atoms with Crippen LogP contribution < -0.4 is 0 Å². The predicted molar refractivity (Wildman–Crippen MR) is 89.9 cm³/mol. The lowest BCUT2D eigenvalue weighted by Gasteiger charge is -2.23. The molecule has 1 fully saturated rings. The average Bonchev–Trinajstić information content (AvgIpc) is 3.20. The van der Waals surface area contributed by atoms with E-state index in [0.717, 1.165) is 23.4 Å². The molecule has 24 heavy (non-hydrogen) atoms. The van der Waals surface area contributed by atoms with Crippen LogP contribution in [0, 0.1) is 6.92 Å². The van der Waals surface area contributed by atoms with E-state index >= 15 is 0 Å². The van der Waals surface area contributed by atoms with Crippen molar-refractivity contribution in [1.82, 2.24) is 19.5 Å². The fourth-order valence-corrected chi connectivity index (χ4v) is 4.29. The minimum Gasteiger partial charge on any atom is -0.376 e. The Balaban J connectivity index is 1.69. The molecule has 0 bridgehead atoms. The Morgan fingerprint density at radius 1 is 1.38 bits per heavy atom. The summed E-state index contributed by atoms with van der Waals surface area (Å²) in [7, 11) is -1.80. The first-order valence-electron chi connectivity index (χ1n) is 7.93. The third kappa shape index (κ3) is 3.66. The van der Waals surface area contributed by atoms with Crippen LogP contribution >= 0.6 is 0 Å². The molecule has 0 radical (unpaired) electrons. The average molecular weight is 350 g/mol. The number of rotatable bonds is 6. The molecule has 1 aliphatic rings. The van der Waals surface area contributed by atoms with Gasteiger partial charge in [-0.1, -0.05) is 24.3 Å². The lowest BCUT2D eigenvalue weighted by atomic mass is 10.0. The SMILES string of the molecule is Cc1ccccc1CS(=O)(=O)N(C)C[C@H]1OCC[C@H]1c1ncn[nH]1. The standard InChI is InChI=1S/C16H22N4O3S/c1-12-5-3-4-6-13(12)10-24(21,22)20(2)9-15-14(7-8-23-15)16-17-11-18-19-16/h3-6,11,14-15H,7-10H2,1-2H3,(H,17,18,19)/t14-,15-/m1/s1. The van der Waals surface area contributed by atoms with Gasteiger partial charge in [0.2, 0.25) is 10.0 Å². The van der Waals surface area contributed by atoms with E-state index in [2.05, 4.69) is 15.2 Å². The van der Waals surface area contributed by atoms with Gasteiger partial charge in [-0.2, -0.15) is 5.10 Å². The van der Waals surface area contributed by atoms with Crippen molar-refractivity contribution in [3.63, 3.8) is 0 Å². The molecule has 2 heterocycles. The summed E-state index contributed by atoms with van der Waals surface area (Å²) in [5, 5.41) is 6.73. The molecule has 1 saturated heterocycles. The first kappa shape index (κ1) is 17.1. The Kier molecular flexibility index (Phi) is 4.98. The summed E-state index contributed by atoms with van der Waals surface area (Å²) in [5.41, 5.74) is 1.80. The number of nitrogens with one attached hydrogen (secondary N) is 1. The largest absolute Gasteiger partial charge is 0.376 e. The minimum absolute atomic E-state index is 0.00410. The predicted octanol–water partition coefficient (Wildman–Crippen LogP) is 1.45. The molecule has 130 valence electrons. The maximum Gasteiger partial charge on any atom is 0.218 e. The lowest BCUT2D eigenvalue weighted by Crippen LogP contribution is -2.37. The van der Waals surface area contributed by atoms with Gasteiger partial charge in [0, 0.05) is 26.1 Å². The van der Waals surface area contributed by atoms with Gasteiger partial charge in [-0.15, -0.1) is 0 Å². The molecule has 8 heteroatoms. The quantitative estimate of drug-likeness (QED) is 0.852.